The minimum atomic E-state index is 0.976. The first-order valence-electron chi connectivity index (χ1n) is 14.3. The fraction of sp³-hybridized carbons (Fsp3) is 0. The number of benzene rings is 6. The summed E-state index contributed by atoms with van der Waals surface area (Å²) in [5, 5.41) is 0. The molecule has 0 amide bonds. The molecule has 204 valence electrons. The summed E-state index contributed by atoms with van der Waals surface area (Å²) in [7, 11) is 0. The Morgan fingerprint density at radius 3 is 0.659 bits per heavy atom. The lowest BCUT2D eigenvalue weighted by Gasteiger charge is -1.93. The van der Waals surface area contributed by atoms with Crippen LogP contribution in [0.2, 0.25) is 0 Å². The molecule has 0 nitrogen and oxygen atoms in total. The summed E-state index contributed by atoms with van der Waals surface area (Å²) in [6.07, 6.45) is 0. The lowest BCUT2D eigenvalue weighted by molar-refractivity contribution is 1.58. The molecule has 6 aromatic carbocycles. The van der Waals surface area contributed by atoms with Crippen molar-refractivity contribution < 1.29 is 0 Å². The Morgan fingerprint density at radius 1 is 0.182 bits per heavy atom. The molecule has 0 atom stereocenters. The first-order chi connectivity index (χ1) is 21.8. The SMILES string of the molecule is C(#Cc1ccc(C#Cc2ccccc2)cc1)c1ccccc1.C(#Cc1cccc(C#Cc2ccccc2)c1)c1ccccc1. The maximum absolute atomic E-state index is 3.18. The van der Waals surface area contributed by atoms with Crippen LogP contribution in [0, 0.1) is 47.4 Å². The van der Waals surface area contributed by atoms with Gasteiger partial charge >= 0.3 is 0 Å². The van der Waals surface area contributed by atoms with Crippen molar-refractivity contribution in [2.24, 2.45) is 0 Å². The Hall–Kier alpha value is -6.44. The predicted molar refractivity (Wildman–Crippen MR) is 183 cm³/mol. The summed E-state index contributed by atoms with van der Waals surface area (Å²) in [5.41, 5.74) is 8.02. The standard InChI is InChI=1S/2C22H14/c1-3-8-19(9-4-1)14-16-21-12-7-13-22(18-21)17-15-20-10-5-2-6-11-20;1-3-7-19(8-4-1)11-13-21-15-17-22(18-16-21)14-12-20-9-5-2-6-10-20/h1-13,18H;1-10,15-18H. The Bertz CT molecular complexity index is 1880. The van der Waals surface area contributed by atoms with Gasteiger partial charge in [-0.15, -0.1) is 0 Å². The van der Waals surface area contributed by atoms with E-state index in [0.29, 0.717) is 0 Å². The molecular weight excluding hydrogens is 528 g/mol. The molecule has 44 heavy (non-hydrogen) atoms. The first kappa shape index (κ1) is 29.1. The molecule has 0 aromatic heterocycles. The molecule has 0 aliphatic rings. The molecule has 0 aliphatic heterocycles. The lowest BCUT2D eigenvalue weighted by atomic mass is 10.1. The van der Waals surface area contributed by atoms with Gasteiger partial charge in [0.15, 0.2) is 0 Å². The van der Waals surface area contributed by atoms with Crippen molar-refractivity contribution in [1.82, 2.24) is 0 Å². The zero-order valence-electron chi connectivity index (χ0n) is 24.2. The molecule has 0 fully saturated rings. The molecule has 0 heteroatoms. The summed E-state index contributed by atoms with van der Waals surface area (Å²) in [6.45, 7) is 0. The van der Waals surface area contributed by atoms with Crippen molar-refractivity contribution in [3.63, 3.8) is 0 Å². The van der Waals surface area contributed by atoms with Gasteiger partial charge in [-0.3, -0.25) is 0 Å². The van der Waals surface area contributed by atoms with Gasteiger partial charge in [0.05, 0.1) is 0 Å². The van der Waals surface area contributed by atoms with Gasteiger partial charge < -0.3 is 0 Å². The quantitative estimate of drug-likeness (QED) is 0.164. The minimum Gasteiger partial charge on any atom is -0.0622 e. The van der Waals surface area contributed by atoms with E-state index >= 15 is 0 Å². The molecule has 0 spiro atoms. The van der Waals surface area contributed by atoms with Crippen LogP contribution in [0.4, 0.5) is 0 Å². The largest absolute Gasteiger partial charge is 0.0622 e. The van der Waals surface area contributed by atoms with E-state index in [9.17, 15) is 0 Å². The van der Waals surface area contributed by atoms with Gasteiger partial charge in [0.2, 0.25) is 0 Å². The molecule has 6 aromatic rings. The van der Waals surface area contributed by atoms with Crippen LogP contribution < -0.4 is 0 Å². The molecule has 0 unspecified atom stereocenters. The fourth-order valence-electron chi connectivity index (χ4n) is 3.97. The van der Waals surface area contributed by atoms with Gasteiger partial charge in [0.25, 0.3) is 0 Å². The third-order valence-corrected chi connectivity index (χ3v) is 6.25. The summed E-state index contributed by atoms with van der Waals surface area (Å²) >= 11 is 0. The molecule has 0 N–H and O–H groups in total. The Kier molecular flexibility index (Phi) is 10.6. The highest BCUT2D eigenvalue weighted by Crippen LogP contribution is 2.06. The molecule has 0 radical (unpaired) electrons. The number of rotatable bonds is 0. The maximum Gasteiger partial charge on any atom is 0.0261 e. The van der Waals surface area contributed by atoms with Gasteiger partial charge in [-0.05, 0) is 91.0 Å². The first-order valence-corrected chi connectivity index (χ1v) is 14.3. The average molecular weight is 557 g/mol. The van der Waals surface area contributed by atoms with E-state index in [-0.39, 0.29) is 0 Å². The normalized spacial score (nSPS) is 9.09. The third kappa shape index (κ3) is 9.88. The van der Waals surface area contributed by atoms with E-state index in [1.54, 1.807) is 0 Å². The predicted octanol–water partition coefficient (Wildman–Crippen LogP) is 8.97. The molecule has 6 rings (SSSR count). The molecule has 0 saturated carbocycles. The van der Waals surface area contributed by atoms with E-state index in [4.69, 9.17) is 0 Å². The fourth-order valence-corrected chi connectivity index (χ4v) is 3.97. The summed E-state index contributed by atoms with van der Waals surface area (Å²) in [5.74, 6) is 25.3. The molecule has 0 heterocycles. The summed E-state index contributed by atoms with van der Waals surface area (Å²) in [6, 6.07) is 56.0. The lowest BCUT2D eigenvalue weighted by Crippen LogP contribution is -1.79. The van der Waals surface area contributed by atoms with Crippen molar-refractivity contribution in [2.75, 3.05) is 0 Å². The van der Waals surface area contributed by atoms with Crippen molar-refractivity contribution >= 4 is 0 Å². The van der Waals surface area contributed by atoms with Crippen LogP contribution in [0.3, 0.4) is 0 Å². The van der Waals surface area contributed by atoms with Gasteiger partial charge in [-0.1, -0.05) is 126 Å². The van der Waals surface area contributed by atoms with E-state index in [1.807, 2.05) is 170 Å². The monoisotopic (exact) mass is 556 g/mol. The van der Waals surface area contributed by atoms with Crippen LogP contribution in [0.1, 0.15) is 44.5 Å². The topological polar surface area (TPSA) is 0 Å². The van der Waals surface area contributed by atoms with Gasteiger partial charge in [-0.25, -0.2) is 0 Å². The molecule has 0 bridgehead atoms. The summed E-state index contributed by atoms with van der Waals surface area (Å²) in [4.78, 5) is 0. The zero-order valence-corrected chi connectivity index (χ0v) is 24.2. The van der Waals surface area contributed by atoms with Crippen LogP contribution in [0.15, 0.2) is 170 Å². The van der Waals surface area contributed by atoms with E-state index in [0.717, 1.165) is 44.5 Å². The van der Waals surface area contributed by atoms with E-state index in [1.165, 1.54) is 0 Å². The van der Waals surface area contributed by atoms with Crippen molar-refractivity contribution in [3.8, 4) is 47.4 Å². The smallest absolute Gasteiger partial charge is 0.0261 e. The molecule has 0 aliphatic carbocycles. The second-order valence-corrected chi connectivity index (χ2v) is 9.62. The van der Waals surface area contributed by atoms with E-state index in [2.05, 4.69) is 47.4 Å². The third-order valence-electron chi connectivity index (χ3n) is 6.25. The van der Waals surface area contributed by atoms with Crippen LogP contribution in [-0.4, -0.2) is 0 Å². The molecular formula is C44H28. The van der Waals surface area contributed by atoms with Crippen LogP contribution in [0.25, 0.3) is 0 Å². The molecule has 0 saturated heterocycles. The highest BCUT2D eigenvalue weighted by atomic mass is 13.9. The van der Waals surface area contributed by atoms with Gasteiger partial charge in [0.1, 0.15) is 0 Å². The Labute approximate surface area is 261 Å². The maximum atomic E-state index is 3.18. The van der Waals surface area contributed by atoms with Crippen molar-refractivity contribution in [3.05, 3.63) is 214 Å². The van der Waals surface area contributed by atoms with Crippen molar-refractivity contribution in [2.45, 2.75) is 0 Å². The van der Waals surface area contributed by atoms with Crippen LogP contribution >= 0.6 is 0 Å². The zero-order chi connectivity index (χ0) is 30.1. The van der Waals surface area contributed by atoms with Gasteiger partial charge in [-0.2, -0.15) is 0 Å². The average Bonchev–Trinajstić information content (AvgIpc) is 3.11. The van der Waals surface area contributed by atoms with Crippen LogP contribution in [-0.2, 0) is 0 Å². The van der Waals surface area contributed by atoms with E-state index < -0.39 is 0 Å². The summed E-state index contributed by atoms with van der Waals surface area (Å²) < 4.78 is 0. The van der Waals surface area contributed by atoms with Gasteiger partial charge in [0, 0.05) is 44.5 Å². The Balaban J connectivity index is 0.000000175. The number of hydrogen-bond acceptors (Lipinski definition) is 0. The number of hydrogen-bond donors (Lipinski definition) is 0. The second-order valence-electron chi connectivity index (χ2n) is 9.62. The Morgan fingerprint density at radius 2 is 0.386 bits per heavy atom. The minimum absolute atomic E-state index is 0.976. The van der Waals surface area contributed by atoms with Crippen LogP contribution in [0.5, 0.6) is 0 Å². The van der Waals surface area contributed by atoms with Crippen molar-refractivity contribution in [1.29, 1.82) is 0 Å². The highest BCUT2D eigenvalue weighted by Gasteiger charge is 1.92. The second kappa shape index (κ2) is 16.1. The highest BCUT2D eigenvalue weighted by molar-refractivity contribution is 5.50.